The molecule has 0 amide bonds. The monoisotopic (exact) mass is 302 g/mol. The molecular weight excluding hydrogens is 282 g/mol. The third-order valence-corrected chi connectivity index (χ3v) is 6.21. The van der Waals surface area contributed by atoms with Crippen LogP contribution in [0.25, 0.3) is 0 Å². The van der Waals surface area contributed by atoms with Crippen molar-refractivity contribution in [2.75, 3.05) is 32.3 Å². The van der Waals surface area contributed by atoms with Crippen LogP contribution in [0.5, 0.6) is 0 Å². The molecule has 1 aromatic rings. The summed E-state index contributed by atoms with van der Waals surface area (Å²) in [5.74, 6) is 1.94. The second-order valence-corrected chi connectivity index (χ2v) is 8.10. The molecule has 19 heavy (non-hydrogen) atoms. The van der Waals surface area contributed by atoms with Gasteiger partial charge in [-0.1, -0.05) is 29.5 Å². The first kappa shape index (κ1) is 14.8. The average Bonchev–Trinajstić information content (AvgIpc) is 2.66. The van der Waals surface area contributed by atoms with Crippen LogP contribution in [0.2, 0.25) is 0 Å². The van der Waals surface area contributed by atoms with Crippen LogP contribution < -0.4 is 0 Å². The Hall–Kier alpha value is -0.560. The highest BCUT2D eigenvalue weighted by atomic mass is 32.2. The van der Waals surface area contributed by atoms with Crippen molar-refractivity contribution in [3.8, 4) is 0 Å². The molecule has 0 spiro atoms. The second-order valence-electron chi connectivity index (χ2n) is 5.48. The SMILES string of the molecule is Cc1ccc(S(=O)(=O)OC[C@@H]2CSC[N+]2(C)C)cc1. The number of benzene rings is 1. The van der Waals surface area contributed by atoms with E-state index in [9.17, 15) is 8.42 Å². The van der Waals surface area contributed by atoms with Crippen molar-refractivity contribution >= 4 is 21.9 Å². The zero-order valence-electron chi connectivity index (χ0n) is 11.5. The molecule has 0 aromatic heterocycles. The predicted molar refractivity (Wildman–Crippen MR) is 77.5 cm³/mol. The van der Waals surface area contributed by atoms with Gasteiger partial charge in [-0.25, -0.2) is 0 Å². The fourth-order valence-electron chi connectivity index (χ4n) is 1.92. The van der Waals surface area contributed by atoms with Gasteiger partial charge in [0.05, 0.1) is 24.7 Å². The highest BCUT2D eigenvalue weighted by Crippen LogP contribution is 2.26. The molecule has 1 saturated heterocycles. The summed E-state index contributed by atoms with van der Waals surface area (Å²) in [6, 6.07) is 6.97. The predicted octanol–water partition coefficient (Wildman–Crippen LogP) is 1.85. The Morgan fingerprint density at radius 3 is 2.47 bits per heavy atom. The van der Waals surface area contributed by atoms with Crippen LogP contribution in [0.4, 0.5) is 0 Å². The van der Waals surface area contributed by atoms with Crippen molar-refractivity contribution in [2.24, 2.45) is 0 Å². The van der Waals surface area contributed by atoms with Crippen molar-refractivity contribution < 1.29 is 17.1 Å². The van der Waals surface area contributed by atoms with E-state index in [4.69, 9.17) is 4.18 Å². The third-order valence-electron chi connectivity index (χ3n) is 3.45. The van der Waals surface area contributed by atoms with Gasteiger partial charge in [-0.15, -0.1) is 0 Å². The summed E-state index contributed by atoms with van der Waals surface area (Å²) < 4.78 is 30.2. The van der Waals surface area contributed by atoms with Gasteiger partial charge < -0.3 is 4.48 Å². The van der Waals surface area contributed by atoms with E-state index < -0.39 is 10.1 Å². The normalized spacial score (nSPS) is 22.6. The number of quaternary nitrogens is 1. The first-order chi connectivity index (χ1) is 8.81. The Labute approximate surface area is 119 Å². The van der Waals surface area contributed by atoms with E-state index in [0.717, 1.165) is 21.7 Å². The molecule has 2 rings (SSSR count). The topological polar surface area (TPSA) is 43.4 Å². The molecule has 1 fully saturated rings. The smallest absolute Gasteiger partial charge is 0.297 e. The maximum Gasteiger partial charge on any atom is 0.297 e. The quantitative estimate of drug-likeness (QED) is 0.629. The standard InChI is InChI=1S/C13H20NO3S2/c1-11-4-6-13(7-5-11)19(15,16)17-8-12-9-18-10-14(12,2)3/h4-7,12H,8-10H2,1-3H3/q+1/t12-/m1/s1. The summed E-state index contributed by atoms with van der Waals surface area (Å²) in [6.07, 6.45) is 0. The first-order valence-electron chi connectivity index (χ1n) is 6.18. The molecule has 0 saturated carbocycles. The van der Waals surface area contributed by atoms with Crippen LogP contribution in [0.15, 0.2) is 29.2 Å². The van der Waals surface area contributed by atoms with E-state index in [-0.39, 0.29) is 17.5 Å². The van der Waals surface area contributed by atoms with Gasteiger partial charge >= 0.3 is 0 Å². The van der Waals surface area contributed by atoms with Gasteiger partial charge in [-0.2, -0.15) is 8.42 Å². The second kappa shape index (κ2) is 5.44. The molecule has 1 aliphatic heterocycles. The Kier molecular flexibility index (Phi) is 4.25. The molecule has 0 aliphatic carbocycles. The Bertz CT molecular complexity index is 538. The lowest BCUT2D eigenvalue weighted by Crippen LogP contribution is -2.47. The molecular formula is C13H20NO3S2+. The molecule has 0 N–H and O–H groups in total. The maximum absolute atomic E-state index is 12.1. The van der Waals surface area contributed by atoms with E-state index in [1.54, 1.807) is 24.3 Å². The highest BCUT2D eigenvalue weighted by molar-refractivity contribution is 7.99. The number of nitrogens with zero attached hydrogens (tertiary/aromatic N) is 1. The number of aryl methyl sites for hydroxylation is 1. The van der Waals surface area contributed by atoms with E-state index >= 15 is 0 Å². The number of thioether (sulfide) groups is 1. The molecule has 0 bridgehead atoms. The number of hydrogen-bond donors (Lipinski definition) is 0. The van der Waals surface area contributed by atoms with Crippen LogP contribution >= 0.6 is 11.8 Å². The van der Waals surface area contributed by atoms with Crippen LogP contribution in [-0.4, -0.2) is 51.3 Å². The average molecular weight is 302 g/mol. The lowest BCUT2D eigenvalue weighted by atomic mass is 10.2. The minimum atomic E-state index is -3.63. The van der Waals surface area contributed by atoms with Gasteiger partial charge in [0.1, 0.15) is 18.5 Å². The minimum Gasteiger partial charge on any atom is -0.315 e. The minimum absolute atomic E-state index is 0.227. The van der Waals surface area contributed by atoms with Gasteiger partial charge in [0.15, 0.2) is 0 Å². The van der Waals surface area contributed by atoms with Crippen molar-refractivity contribution in [3.63, 3.8) is 0 Å². The molecule has 0 radical (unpaired) electrons. The van der Waals surface area contributed by atoms with Gasteiger partial charge in [-0.05, 0) is 19.1 Å². The lowest BCUT2D eigenvalue weighted by Gasteiger charge is -2.29. The lowest BCUT2D eigenvalue weighted by molar-refractivity contribution is -0.895. The number of hydrogen-bond acceptors (Lipinski definition) is 4. The molecule has 1 atom stereocenters. The van der Waals surface area contributed by atoms with Crippen molar-refractivity contribution in [3.05, 3.63) is 29.8 Å². The first-order valence-corrected chi connectivity index (χ1v) is 8.74. The summed E-state index contributed by atoms with van der Waals surface area (Å²) in [5, 5.41) is 0. The fraction of sp³-hybridized carbons (Fsp3) is 0.538. The summed E-state index contributed by atoms with van der Waals surface area (Å²) in [6.45, 7) is 2.17. The van der Waals surface area contributed by atoms with Crippen LogP contribution in [0.1, 0.15) is 5.56 Å². The Morgan fingerprint density at radius 1 is 1.32 bits per heavy atom. The van der Waals surface area contributed by atoms with E-state index in [2.05, 4.69) is 14.1 Å². The zero-order chi connectivity index (χ0) is 14.1. The number of likely N-dealkylation sites (N-methyl/N-ethyl adjacent to an activating group) is 1. The highest BCUT2D eigenvalue weighted by Gasteiger charge is 2.36. The summed E-state index contributed by atoms with van der Waals surface area (Å²) >= 11 is 1.83. The van der Waals surface area contributed by atoms with Gasteiger partial charge in [0, 0.05) is 0 Å². The molecule has 1 aliphatic rings. The van der Waals surface area contributed by atoms with Gasteiger partial charge in [0.25, 0.3) is 10.1 Å². The van der Waals surface area contributed by atoms with Gasteiger partial charge in [0.2, 0.25) is 0 Å². The summed E-state index contributed by atoms with van der Waals surface area (Å²) in [4.78, 5) is 0.231. The molecule has 1 heterocycles. The fourth-order valence-corrected chi connectivity index (χ4v) is 4.42. The van der Waals surface area contributed by atoms with E-state index in [0.29, 0.717) is 0 Å². The van der Waals surface area contributed by atoms with E-state index in [1.807, 2.05) is 18.7 Å². The molecule has 0 unspecified atom stereocenters. The molecule has 106 valence electrons. The number of rotatable bonds is 4. The van der Waals surface area contributed by atoms with Crippen molar-refractivity contribution in [1.82, 2.24) is 0 Å². The van der Waals surface area contributed by atoms with Crippen molar-refractivity contribution in [2.45, 2.75) is 17.9 Å². The Morgan fingerprint density at radius 2 is 1.95 bits per heavy atom. The van der Waals surface area contributed by atoms with Crippen molar-refractivity contribution in [1.29, 1.82) is 0 Å². The Balaban J connectivity index is 2.04. The maximum atomic E-state index is 12.1. The van der Waals surface area contributed by atoms with E-state index in [1.165, 1.54) is 0 Å². The largest absolute Gasteiger partial charge is 0.315 e. The van der Waals surface area contributed by atoms with Crippen LogP contribution in [0, 0.1) is 6.92 Å². The van der Waals surface area contributed by atoms with Gasteiger partial charge in [-0.3, -0.25) is 4.18 Å². The third kappa shape index (κ3) is 3.51. The zero-order valence-corrected chi connectivity index (χ0v) is 13.1. The van der Waals surface area contributed by atoms with Crippen LogP contribution in [-0.2, 0) is 14.3 Å². The molecule has 6 heteroatoms. The summed E-state index contributed by atoms with van der Waals surface area (Å²) in [5.41, 5.74) is 1.03. The molecule has 1 aromatic carbocycles. The summed E-state index contributed by atoms with van der Waals surface area (Å²) in [7, 11) is 0.573. The van der Waals surface area contributed by atoms with Crippen LogP contribution in [0.3, 0.4) is 0 Å². The molecule has 4 nitrogen and oxygen atoms in total.